The zero-order valence-corrected chi connectivity index (χ0v) is 8.83. The lowest BCUT2D eigenvalue weighted by atomic mass is 10.1. The number of hydrogen-bond donors (Lipinski definition) is 0. The van der Waals surface area contributed by atoms with Gasteiger partial charge in [0.2, 0.25) is 0 Å². The first-order valence-electron chi connectivity index (χ1n) is 4.69. The molecule has 1 aromatic carbocycles. The van der Waals surface area contributed by atoms with Crippen molar-refractivity contribution >= 4 is 11.6 Å². The molecule has 0 atom stereocenters. The van der Waals surface area contributed by atoms with Crippen LogP contribution in [0, 0.1) is 11.3 Å². The minimum absolute atomic E-state index is 0.332. The average molecular weight is 224 g/mol. The Balaban J connectivity index is 2.26. The summed E-state index contributed by atoms with van der Waals surface area (Å²) < 4.78 is 10.7. The van der Waals surface area contributed by atoms with Crippen LogP contribution in [0.1, 0.15) is 17.4 Å². The third-order valence-electron chi connectivity index (χ3n) is 2.16. The molecule has 0 spiro atoms. The van der Waals surface area contributed by atoms with Crippen LogP contribution in [-0.4, -0.2) is 13.2 Å². The summed E-state index contributed by atoms with van der Waals surface area (Å²) in [4.78, 5) is 0. The predicted molar refractivity (Wildman–Crippen MR) is 55.4 cm³/mol. The van der Waals surface area contributed by atoms with Crippen LogP contribution in [0.25, 0.3) is 0 Å². The second kappa shape index (κ2) is 4.63. The van der Waals surface area contributed by atoms with E-state index in [0.29, 0.717) is 24.7 Å². The number of benzene rings is 1. The van der Waals surface area contributed by atoms with Crippen molar-refractivity contribution < 1.29 is 9.47 Å². The van der Waals surface area contributed by atoms with Gasteiger partial charge in [-0.05, 0) is 23.8 Å². The van der Waals surface area contributed by atoms with Gasteiger partial charge in [0.15, 0.2) is 6.29 Å². The maximum Gasteiger partial charge on any atom is 0.184 e. The molecule has 2 rings (SSSR count). The zero-order chi connectivity index (χ0) is 10.7. The third-order valence-corrected chi connectivity index (χ3v) is 2.38. The molecule has 15 heavy (non-hydrogen) atoms. The van der Waals surface area contributed by atoms with Gasteiger partial charge in [-0.3, -0.25) is 0 Å². The van der Waals surface area contributed by atoms with Crippen molar-refractivity contribution in [3.8, 4) is 6.07 Å². The Kier molecular flexibility index (Phi) is 3.22. The van der Waals surface area contributed by atoms with E-state index in [4.69, 9.17) is 26.3 Å². The summed E-state index contributed by atoms with van der Waals surface area (Å²) in [7, 11) is 0. The number of nitrogens with zero attached hydrogens (tertiary/aromatic N) is 1. The Bertz CT molecular complexity index is 394. The summed E-state index contributed by atoms with van der Waals surface area (Å²) in [6.07, 6.45) is 0.0152. The molecule has 1 fully saturated rings. The molecule has 0 aromatic heterocycles. The number of rotatable bonds is 2. The Morgan fingerprint density at radius 2 is 2.07 bits per heavy atom. The molecule has 1 saturated heterocycles. The van der Waals surface area contributed by atoms with E-state index in [0.717, 1.165) is 11.1 Å². The van der Waals surface area contributed by atoms with Gasteiger partial charge in [0, 0.05) is 10.6 Å². The molecule has 0 aliphatic carbocycles. The number of hydrogen-bond acceptors (Lipinski definition) is 3. The van der Waals surface area contributed by atoms with Crippen LogP contribution < -0.4 is 0 Å². The van der Waals surface area contributed by atoms with E-state index in [1.54, 1.807) is 12.1 Å². The highest BCUT2D eigenvalue weighted by molar-refractivity contribution is 6.30. The van der Waals surface area contributed by atoms with Gasteiger partial charge in [-0.2, -0.15) is 5.26 Å². The molecule has 0 radical (unpaired) electrons. The Hall–Kier alpha value is -1.08. The van der Waals surface area contributed by atoms with Gasteiger partial charge < -0.3 is 9.47 Å². The Labute approximate surface area is 93.2 Å². The third kappa shape index (κ3) is 2.48. The largest absolute Gasteiger partial charge is 0.346 e. The summed E-state index contributed by atoms with van der Waals surface area (Å²) in [6.45, 7) is 1.20. The molecule has 1 heterocycles. The minimum Gasteiger partial charge on any atom is -0.346 e. The van der Waals surface area contributed by atoms with Crippen LogP contribution >= 0.6 is 11.6 Å². The first-order valence-corrected chi connectivity index (χ1v) is 5.07. The maximum atomic E-state index is 8.61. The van der Waals surface area contributed by atoms with E-state index in [1.165, 1.54) is 0 Å². The number of ether oxygens (including phenoxy) is 2. The van der Waals surface area contributed by atoms with Gasteiger partial charge >= 0.3 is 0 Å². The lowest BCUT2D eigenvalue weighted by Gasteiger charge is -2.10. The standard InChI is InChI=1S/C11H10ClNO2/c12-10-6-8(1-2-13)5-9(7-10)11-14-3-4-15-11/h5-7,11H,1,3-4H2. The molecule has 1 aliphatic heterocycles. The summed E-state index contributed by atoms with van der Waals surface area (Å²) in [5, 5.41) is 9.22. The lowest BCUT2D eigenvalue weighted by Crippen LogP contribution is -1.99. The summed E-state index contributed by atoms with van der Waals surface area (Å²) >= 11 is 5.94. The van der Waals surface area contributed by atoms with E-state index >= 15 is 0 Å². The molecule has 0 amide bonds. The number of nitriles is 1. The Morgan fingerprint density at radius 3 is 2.73 bits per heavy atom. The molecule has 0 bridgehead atoms. The fraction of sp³-hybridized carbons (Fsp3) is 0.364. The lowest BCUT2D eigenvalue weighted by molar-refractivity contribution is -0.0441. The van der Waals surface area contributed by atoms with Crippen LogP contribution in [0.3, 0.4) is 0 Å². The van der Waals surface area contributed by atoms with Crippen LogP contribution in [0.15, 0.2) is 18.2 Å². The molecule has 0 N–H and O–H groups in total. The SMILES string of the molecule is N#CCc1cc(Cl)cc(C2OCCO2)c1. The van der Waals surface area contributed by atoms with Gasteiger partial charge in [-0.1, -0.05) is 11.6 Å². The molecular weight excluding hydrogens is 214 g/mol. The highest BCUT2D eigenvalue weighted by Crippen LogP contribution is 2.27. The molecule has 0 unspecified atom stereocenters. The van der Waals surface area contributed by atoms with E-state index < -0.39 is 0 Å². The topological polar surface area (TPSA) is 42.2 Å². The van der Waals surface area contributed by atoms with Crippen molar-refractivity contribution in [1.29, 1.82) is 5.26 Å². The van der Waals surface area contributed by atoms with Crippen molar-refractivity contribution in [3.63, 3.8) is 0 Å². The van der Waals surface area contributed by atoms with Crippen molar-refractivity contribution in [1.82, 2.24) is 0 Å². The molecule has 0 saturated carbocycles. The van der Waals surface area contributed by atoms with Gasteiger partial charge in [0.25, 0.3) is 0 Å². The normalized spacial score (nSPS) is 16.5. The van der Waals surface area contributed by atoms with Crippen molar-refractivity contribution in [2.75, 3.05) is 13.2 Å². The monoisotopic (exact) mass is 223 g/mol. The smallest absolute Gasteiger partial charge is 0.184 e. The summed E-state index contributed by atoms with van der Waals surface area (Å²) in [5.74, 6) is 0. The fourth-order valence-electron chi connectivity index (χ4n) is 1.56. The number of halogens is 1. The fourth-order valence-corrected chi connectivity index (χ4v) is 1.82. The van der Waals surface area contributed by atoms with Crippen molar-refractivity contribution in [3.05, 3.63) is 34.3 Å². The second-order valence-electron chi connectivity index (χ2n) is 3.30. The van der Waals surface area contributed by atoms with E-state index in [2.05, 4.69) is 6.07 Å². The molecule has 1 aliphatic rings. The Morgan fingerprint density at radius 1 is 1.33 bits per heavy atom. The highest BCUT2D eigenvalue weighted by Gasteiger charge is 2.18. The first kappa shape index (κ1) is 10.4. The van der Waals surface area contributed by atoms with Crippen molar-refractivity contribution in [2.24, 2.45) is 0 Å². The van der Waals surface area contributed by atoms with Crippen LogP contribution in [-0.2, 0) is 15.9 Å². The molecule has 1 aromatic rings. The quantitative estimate of drug-likeness (QED) is 0.774. The van der Waals surface area contributed by atoms with Gasteiger partial charge in [-0.15, -0.1) is 0 Å². The van der Waals surface area contributed by atoms with E-state index in [9.17, 15) is 0 Å². The van der Waals surface area contributed by atoms with Crippen LogP contribution in [0.5, 0.6) is 0 Å². The van der Waals surface area contributed by atoms with Gasteiger partial charge in [0.05, 0.1) is 25.7 Å². The van der Waals surface area contributed by atoms with Crippen LogP contribution in [0.4, 0.5) is 0 Å². The summed E-state index contributed by atoms with van der Waals surface area (Å²) in [6, 6.07) is 7.57. The van der Waals surface area contributed by atoms with E-state index in [1.807, 2.05) is 6.07 Å². The summed E-state index contributed by atoms with van der Waals surface area (Å²) in [5.41, 5.74) is 1.77. The zero-order valence-electron chi connectivity index (χ0n) is 8.07. The van der Waals surface area contributed by atoms with Crippen LogP contribution in [0.2, 0.25) is 5.02 Å². The van der Waals surface area contributed by atoms with Gasteiger partial charge in [0.1, 0.15) is 0 Å². The highest BCUT2D eigenvalue weighted by atomic mass is 35.5. The molecule has 3 nitrogen and oxygen atoms in total. The van der Waals surface area contributed by atoms with E-state index in [-0.39, 0.29) is 6.29 Å². The molecule has 4 heteroatoms. The molecular formula is C11H10ClNO2. The predicted octanol–water partition coefficient (Wildman–Crippen LogP) is 2.45. The maximum absolute atomic E-state index is 8.61. The molecule has 78 valence electrons. The minimum atomic E-state index is -0.332. The second-order valence-corrected chi connectivity index (χ2v) is 3.74. The van der Waals surface area contributed by atoms with Crippen molar-refractivity contribution in [2.45, 2.75) is 12.7 Å². The van der Waals surface area contributed by atoms with Gasteiger partial charge in [-0.25, -0.2) is 0 Å². The average Bonchev–Trinajstić information content (AvgIpc) is 2.70. The first-order chi connectivity index (χ1) is 7.29.